The third-order valence-corrected chi connectivity index (χ3v) is 7.72. The van der Waals surface area contributed by atoms with E-state index in [1.807, 2.05) is 0 Å². The molecule has 19 nitrogen and oxygen atoms in total. The fourth-order valence-electron chi connectivity index (χ4n) is 4.78. The maximum Gasteiger partial charge on any atom is 0.339 e. The lowest BCUT2D eigenvalue weighted by Gasteiger charge is -2.13. The first-order valence-corrected chi connectivity index (χ1v) is 16.0. The number of nitrogens with one attached hydrogen (secondary N) is 5. The molecule has 4 aliphatic rings. The highest BCUT2D eigenvalue weighted by molar-refractivity contribution is 6.49. The summed E-state index contributed by atoms with van der Waals surface area (Å²) in [7, 11) is 0. The molecule has 274 valence electrons. The summed E-state index contributed by atoms with van der Waals surface area (Å²) in [5.74, 6) is -4.47. The number of benzene rings is 2. The fraction of sp³-hybridized carbons (Fsp3) is 0.0556. The van der Waals surface area contributed by atoms with Gasteiger partial charge in [-0.1, -0.05) is 0 Å². The van der Waals surface area contributed by atoms with Crippen LogP contribution in [0.3, 0.4) is 0 Å². The monoisotopic (exact) mass is 741 g/mol. The molecule has 2 amide bonds. The standard InChI is InChI=1S/C36H27N11O8/c1-18-33(35(53)47-38-18)46-40-22-8-6-20(7-9-22)37-34(52)19-2-4-21(5-3-19)39-43-27-16-28(32(51)17-31(27)50)45-44-26-15-24(11-13-30(26)49)42-41-23-10-12-29(48)25(14-23)36(54)55/h2-17,33,40,42,46,51H,1H3,(H,37,52)(H,47,53)(H,54,55). The summed E-state index contributed by atoms with van der Waals surface area (Å²) < 4.78 is 0. The smallest absolute Gasteiger partial charge is 0.339 e. The van der Waals surface area contributed by atoms with Crippen LogP contribution in [0, 0.1) is 0 Å². The van der Waals surface area contributed by atoms with Gasteiger partial charge in [-0.3, -0.25) is 29.4 Å². The maximum absolute atomic E-state index is 12.8. The van der Waals surface area contributed by atoms with Crippen molar-refractivity contribution in [1.29, 1.82) is 0 Å². The Balaban J connectivity index is 1.07. The normalized spacial score (nSPS) is 20.3. The van der Waals surface area contributed by atoms with Gasteiger partial charge in [0, 0.05) is 29.1 Å². The Hall–Kier alpha value is -8.06. The second-order valence-electron chi connectivity index (χ2n) is 11.6. The van der Waals surface area contributed by atoms with Crippen LogP contribution in [0.2, 0.25) is 0 Å². The van der Waals surface area contributed by atoms with Crippen LogP contribution in [0.25, 0.3) is 0 Å². The van der Waals surface area contributed by atoms with E-state index in [0.29, 0.717) is 28.3 Å². The summed E-state index contributed by atoms with van der Waals surface area (Å²) in [4.78, 5) is 72.5. The molecule has 0 saturated heterocycles. The second kappa shape index (κ2) is 16.1. The Labute approximate surface area is 309 Å². The van der Waals surface area contributed by atoms with Crippen LogP contribution in [-0.4, -0.2) is 74.2 Å². The van der Waals surface area contributed by atoms with Crippen LogP contribution in [0.4, 0.5) is 17.1 Å². The van der Waals surface area contributed by atoms with Crippen LogP contribution >= 0.6 is 0 Å². The molecule has 1 aliphatic heterocycles. The van der Waals surface area contributed by atoms with E-state index >= 15 is 0 Å². The van der Waals surface area contributed by atoms with Crippen molar-refractivity contribution in [2.45, 2.75) is 13.0 Å². The molecule has 0 saturated carbocycles. The molecule has 2 aromatic carbocycles. The highest BCUT2D eigenvalue weighted by atomic mass is 16.4. The van der Waals surface area contributed by atoms with E-state index in [9.17, 15) is 33.9 Å². The zero-order valence-corrected chi connectivity index (χ0v) is 28.3. The van der Waals surface area contributed by atoms with Crippen molar-refractivity contribution in [3.63, 3.8) is 0 Å². The molecule has 0 radical (unpaired) electrons. The molecule has 7 N–H and O–H groups in total. The number of ketones is 3. The number of nitrogens with zero attached hydrogens (tertiary/aromatic N) is 6. The van der Waals surface area contributed by atoms with Crippen molar-refractivity contribution in [3.8, 4) is 0 Å². The van der Waals surface area contributed by atoms with E-state index in [1.165, 1.54) is 48.6 Å². The average molecular weight is 742 g/mol. The van der Waals surface area contributed by atoms with Crippen LogP contribution in [0.5, 0.6) is 0 Å². The highest BCUT2D eigenvalue weighted by Gasteiger charge is 2.26. The lowest BCUT2D eigenvalue weighted by Crippen LogP contribution is -2.44. The minimum absolute atomic E-state index is 0.141. The van der Waals surface area contributed by atoms with E-state index in [-0.39, 0.29) is 34.4 Å². The number of azo groups is 1. The van der Waals surface area contributed by atoms with Gasteiger partial charge in [0.15, 0.2) is 5.78 Å². The molecule has 1 heterocycles. The zero-order chi connectivity index (χ0) is 39.1. The Morgan fingerprint density at radius 3 is 2.20 bits per heavy atom. The number of hydrazine groups is 1. The van der Waals surface area contributed by atoms with E-state index in [0.717, 1.165) is 24.3 Å². The number of carboxylic acids is 1. The van der Waals surface area contributed by atoms with Crippen molar-refractivity contribution >= 4 is 75.0 Å². The molecule has 0 bridgehead atoms. The number of carbonyl (C=O) groups excluding carboxylic acids is 5. The molecule has 0 spiro atoms. The van der Waals surface area contributed by atoms with Gasteiger partial charge in [-0.05, 0) is 91.9 Å². The fourth-order valence-corrected chi connectivity index (χ4v) is 4.78. The van der Waals surface area contributed by atoms with E-state index < -0.39 is 46.6 Å². The number of allylic oxidation sites excluding steroid dienone is 8. The number of hydrazone groups is 2. The number of aliphatic hydroxyl groups excluding tert-OH is 1. The van der Waals surface area contributed by atoms with Crippen LogP contribution in [0.1, 0.15) is 17.3 Å². The van der Waals surface area contributed by atoms with Gasteiger partial charge in [-0.25, -0.2) is 15.6 Å². The summed E-state index contributed by atoms with van der Waals surface area (Å²) in [5.41, 5.74) is 12.6. The number of hydrogen-bond donors (Lipinski definition) is 7. The molecular weight excluding hydrogens is 714 g/mol. The van der Waals surface area contributed by atoms with Crippen LogP contribution in [-0.2, 0) is 24.0 Å². The van der Waals surface area contributed by atoms with Crippen molar-refractivity contribution in [2.75, 3.05) is 10.7 Å². The van der Waals surface area contributed by atoms with Gasteiger partial charge >= 0.3 is 5.97 Å². The zero-order valence-electron chi connectivity index (χ0n) is 28.3. The number of hydrogen-bond acceptors (Lipinski definition) is 16. The Morgan fingerprint density at radius 2 is 1.49 bits per heavy atom. The van der Waals surface area contributed by atoms with Crippen LogP contribution in [0.15, 0.2) is 150 Å². The minimum Gasteiger partial charge on any atom is -0.505 e. The average Bonchev–Trinajstić information content (AvgIpc) is 3.50. The van der Waals surface area contributed by atoms with Gasteiger partial charge in [0.05, 0.1) is 22.8 Å². The Bertz CT molecular complexity index is 2380. The summed E-state index contributed by atoms with van der Waals surface area (Å²) >= 11 is 0. The molecule has 0 fully saturated rings. The van der Waals surface area contributed by atoms with E-state index in [4.69, 9.17) is 5.11 Å². The van der Waals surface area contributed by atoms with E-state index in [2.05, 4.69) is 57.7 Å². The number of anilines is 2. The largest absolute Gasteiger partial charge is 0.505 e. The SMILES string of the molecule is CC1=NNC(=O)C1NNc1ccc(NC(=O)c2ccc(N=NC3=CC(=NN=C4C=C(NN=C5C=CC(=O)C(C(=O)O)=C5)C=CC4=O)C(O)=CC3=O)cc2)cc1. The summed E-state index contributed by atoms with van der Waals surface area (Å²) in [6, 6.07) is 12.2. The Kier molecular flexibility index (Phi) is 10.7. The van der Waals surface area contributed by atoms with Gasteiger partial charge in [-0.15, -0.1) is 15.3 Å². The van der Waals surface area contributed by atoms with Gasteiger partial charge in [-0.2, -0.15) is 15.3 Å². The van der Waals surface area contributed by atoms with Gasteiger partial charge in [0.1, 0.15) is 34.5 Å². The number of carbonyl (C=O) groups is 6. The molecular formula is C36H27N11O8. The van der Waals surface area contributed by atoms with Gasteiger partial charge in [0.2, 0.25) is 11.6 Å². The minimum atomic E-state index is -1.40. The van der Waals surface area contributed by atoms with Gasteiger partial charge < -0.3 is 21.0 Å². The number of rotatable bonds is 11. The predicted octanol–water partition coefficient (Wildman–Crippen LogP) is 2.64. The third kappa shape index (κ3) is 9.06. The first-order chi connectivity index (χ1) is 26.4. The molecule has 55 heavy (non-hydrogen) atoms. The van der Waals surface area contributed by atoms with E-state index in [1.54, 1.807) is 31.2 Å². The van der Waals surface area contributed by atoms with Gasteiger partial charge in [0.25, 0.3) is 11.8 Å². The molecule has 19 heteroatoms. The third-order valence-electron chi connectivity index (χ3n) is 7.72. The van der Waals surface area contributed by atoms with Crippen molar-refractivity contribution in [1.82, 2.24) is 16.3 Å². The topological polar surface area (TPSA) is 277 Å². The number of aliphatic hydroxyl groups is 1. The predicted molar refractivity (Wildman–Crippen MR) is 198 cm³/mol. The molecule has 2 aromatic rings. The molecule has 1 atom stereocenters. The lowest BCUT2D eigenvalue weighted by molar-refractivity contribution is -0.134. The lowest BCUT2D eigenvalue weighted by atomic mass is 10.0. The number of carboxylic acid groups (broad SMARTS) is 1. The Morgan fingerprint density at radius 1 is 0.782 bits per heavy atom. The highest BCUT2D eigenvalue weighted by Crippen LogP contribution is 2.20. The first-order valence-electron chi connectivity index (χ1n) is 16.0. The summed E-state index contributed by atoms with van der Waals surface area (Å²) in [5, 5.41) is 45.9. The van der Waals surface area contributed by atoms with Crippen molar-refractivity contribution < 1.29 is 39.0 Å². The summed E-state index contributed by atoms with van der Waals surface area (Å²) in [6.45, 7) is 1.72. The van der Waals surface area contributed by atoms with Crippen molar-refractivity contribution in [2.24, 2.45) is 30.6 Å². The molecule has 0 aromatic heterocycles. The van der Waals surface area contributed by atoms with Crippen LogP contribution < -0.4 is 27.0 Å². The summed E-state index contributed by atoms with van der Waals surface area (Å²) in [6.07, 6.45) is 9.33. The molecule has 3 aliphatic carbocycles. The number of aliphatic carboxylic acids is 1. The number of amides is 2. The quantitative estimate of drug-likeness (QED) is 0.0578. The first kappa shape index (κ1) is 36.7. The second-order valence-corrected chi connectivity index (χ2v) is 11.6. The molecule has 1 unspecified atom stereocenters. The maximum atomic E-state index is 12.8. The van der Waals surface area contributed by atoms with Crippen molar-refractivity contribution in [3.05, 3.63) is 125 Å². The molecule has 6 rings (SSSR count).